The van der Waals surface area contributed by atoms with E-state index >= 15 is 0 Å². The third-order valence-electron chi connectivity index (χ3n) is 2.30. The normalized spacial score (nSPS) is 13.9. The van der Waals surface area contributed by atoms with Crippen LogP contribution in [0.15, 0.2) is 0 Å². The van der Waals surface area contributed by atoms with E-state index in [4.69, 9.17) is 0 Å². The second-order valence-electron chi connectivity index (χ2n) is 3.08. The van der Waals surface area contributed by atoms with Gasteiger partial charge in [-0.25, -0.2) is 0 Å². The van der Waals surface area contributed by atoms with Crippen LogP contribution in [-0.4, -0.2) is 38.1 Å². The van der Waals surface area contributed by atoms with Crippen molar-refractivity contribution in [1.82, 2.24) is 10.2 Å². The summed E-state index contributed by atoms with van der Waals surface area (Å²) in [7, 11) is 4.21. The predicted octanol–water partition coefficient (Wildman–Crippen LogP) is 1.33. The van der Waals surface area contributed by atoms with E-state index in [0.717, 1.165) is 6.54 Å². The molecule has 0 radical (unpaired) electrons. The van der Waals surface area contributed by atoms with Gasteiger partial charge in [0.05, 0.1) is 0 Å². The van der Waals surface area contributed by atoms with Crippen LogP contribution in [0.1, 0.15) is 26.7 Å². The van der Waals surface area contributed by atoms with Crippen molar-refractivity contribution in [2.24, 2.45) is 0 Å². The molecule has 0 aromatic heterocycles. The molecule has 0 saturated heterocycles. The first kappa shape index (κ1) is 10.9. The van der Waals surface area contributed by atoms with Gasteiger partial charge in [0.2, 0.25) is 0 Å². The lowest BCUT2D eigenvalue weighted by molar-refractivity contribution is 0.322. The summed E-state index contributed by atoms with van der Waals surface area (Å²) < 4.78 is 0. The van der Waals surface area contributed by atoms with E-state index in [1.807, 2.05) is 7.05 Å². The molecule has 0 aromatic carbocycles. The molecule has 0 heterocycles. The number of hydrogen-bond donors (Lipinski definition) is 1. The highest BCUT2D eigenvalue weighted by atomic mass is 15.1. The Hall–Kier alpha value is -0.0800. The van der Waals surface area contributed by atoms with E-state index in [1.54, 1.807) is 0 Å². The molecule has 0 spiro atoms. The lowest BCUT2D eigenvalue weighted by atomic mass is 10.1. The van der Waals surface area contributed by atoms with Crippen molar-refractivity contribution in [3.05, 3.63) is 0 Å². The Morgan fingerprint density at radius 2 is 2.00 bits per heavy atom. The minimum atomic E-state index is 0.698. The van der Waals surface area contributed by atoms with Gasteiger partial charge in [-0.2, -0.15) is 0 Å². The van der Waals surface area contributed by atoms with Crippen LogP contribution < -0.4 is 5.32 Å². The SMILES string of the molecule is CC[C@@H](CCN(C)CC)NC. The minimum absolute atomic E-state index is 0.698. The first-order valence-corrected chi connectivity index (χ1v) is 4.60. The van der Waals surface area contributed by atoms with E-state index in [-0.39, 0.29) is 0 Å². The molecular formula is C9H22N2. The van der Waals surface area contributed by atoms with E-state index in [0.29, 0.717) is 6.04 Å². The third kappa shape index (κ3) is 5.22. The summed E-state index contributed by atoms with van der Waals surface area (Å²) in [6, 6.07) is 0.698. The average molecular weight is 158 g/mol. The molecule has 0 unspecified atom stereocenters. The highest BCUT2D eigenvalue weighted by Gasteiger charge is 2.03. The van der Waals surface area contributed by atoms with Crippen molar-refractivity contribution < 1.29 is 0 Å². The van der Waals surface area contributed by atoms with Crippen molar-refractivity contribution in [3.63, 3.8) is 0 Å². The second-order valence-corrected chi connectivity index (χ2v) is 3.08. The summed E-state index contributed by atoms with van der Waals surface area (Å²) >= 11 is 0. The zero-order valence-electron chi connectivity index (χ0n) is 8.35. The summed E-state index contributed by atoms with van der Waals surface area (Å²) in [6.45, 7) is 6.78. The first-order chi connectivity index (χ1) is 5.24. The van der Waals surface area contributed by atoms with Crippen molar-refractivity contribution >= 4 is 0 Å². The number of nitrogens with zero attached hydrogens (tertiary/aromatic N) is 1. The molecule has 0 amide bonds. The molecule has 0 aliphatic heterocycles. The van der Waals surface area contributed by atoms with E-state index in [9.17, 15) is 0 Å². The molecule has 11 heavy (non-hydrogen) atoms. The Morgan fingerprint density at radius 3 is 2.36 bits per heavy atom. The van der Waals surface area contributed by atoms with Gasteiger partial charge in [0.25, 0.3) is 0 Å². The molecule has 1 N–H and O–H groups in total. The molecule has 0 rings (SSSR count). The molecule has 0 aromatic rings. The maximum Gasteiger partial charge on any atom is 0.00736 e. The van der Waals surface area contributed by atoms with Gasteiger partial charge in [-0.05, 0) is 40.0 Å². The van der Waals surface area contributed by atoms with E-state index in [2.05, 4.69) is 31.1 Å². The summed E-state index contributed by atoms with van der Waals surface area (Å²) in [4.78, 5) is 2.35. The van der Waals surface area contributed by atoms with E-state index in [1.165, 1.54) is 19.4 Å². The van der Waals surface area contributed by atoms with Gasteiger partial charge in [-0.1, -0.05) is 13.8 Å². The van der Waals surface area contributed by atoms with Crippen molar-refractivity contribution in [2.75, 3.05) is 27.2 Å². The Bertz CT molecular complexity index is 79.6. The number of rotatable bonds is 6. The lowest BCUT2D eigenvalue weighted by Crippen LogP contribution is -2.30. The van der Waals surface area contributed by atoms with Crippen LogP contribution in [0.5, 0.6) is 0 Å². The highest BCUT2D eigenvalue weighted by Crippen LogP contribution is 1.97. The summed E-state index contributed by atoms with van der Waals surface area (Å²) in [6.07, 6.45) is 2.49. The quantitative estimate of drug-likeness (QED) is 0.627. The van der Waals surface area contributed by atoms with Gasteiger partial charge < -0.3 is 10.2 Å². The lowest BCUT2D eigenvalue weighted by Gasteiger charge is -2.18. The smallest absolute Gasteiger partial charge is 0.00736 e. The van der Waals surface area contributed by atoms with Gasteiger partial charge in [-0.3, -0.25) is 0 Å². The minimum Gasteiger partial charge on any atom is -0.317 e. The van der Waals surface area contributed by atoms with Crippen LogP contribution in [0, 0.1) is 0 Å². The van der Waals surface area contributed by atoms with Crippen LogP contribution in [-0.2, 0) is 0 Å². The fourth-order valence-corrected chi connectivity index (χ4v) is 1.09. The average Bonchev–Trinajstić information content (AvgIpc) is 2.06. The highest BCUT2D eigenvalue weighted by molar-refractivity contribution is 4.63. The fraction of sp³-hybridized carbons (Fsp3) is 1.00. The van der Waals surface area contributed by atoms with E-state index < -0.39 is 0 Å². The zero-order valence-corrected chi connectivity index (χ0v) is 8.35. The predicted molar refractivity (Wildman–Crippen MR) is 50.9 cm³/mol. The second kappa shape index (κ2) is 6.62. The van der Waals surface area contributed by atoms with Crippen LogP contribution in [0.4, 0.5) is 0 Å². The molecule has 1 atom stereocenters. The van der Waals surface area contributed by atoms with Crippen LogP contribution in [0.3, 0.4) is 0 Å². The first-order valence-electron chi connectivity index (χ1n) is 4.60. The Morgan fingerprint density at radius 1 is 1.36 bits per heavy atom. The molecule has 0 saturated carbocycles. The Labute approximate surface area is 71.0 Å². The molecule has 0 aliphatic rings. The molecule has 2 nitrogen and oxygen atoms in total. The number of hydrogen-bond acceptors (Lipinski definition) is 2. The van der Waals surface area contributed by atoms with Crippen molar-refractivity contribution in [2.45, 2.75) is 32.7 Å². The molecule has 0 bridgehead atoms. The van der Waals surface area contributed by atoms with Gasteiger partial charge >= 0.3 is 0 Å². The molecule has 2 heteroatoms. The largest absolute Gasteiger partial charge is 0.317 e. The van der Waals surface area contributed by atoms with Gasteiger partial charge in [-0.15, -0.1) is 0 Å². The Kier molecular flexibility index (Phi) is 6.57. The summed E-state index contributed by atoms with van der Waals surface area (Å²) in [5.41, 5.74) is 0. The van der Waals surface area contributed by atoms with Crippen molar-refractivity contribution in [1.29, 1.82) is 0 Å². The van der Waals surface area contributed by atoms with Crippen molar-refractivity contribution in [3.8, 4) is 0 Å². The Balaban J connectivity index is 3.34. The molecule has 0 aliphatic carbocycles. The zero-order chi connectivity index (χ0) is 8.69. The summed E-state index contributed by atoms with van der Waals surface area (Å²) in [5, 5.41) is 3.30. The fourth-order valence-electron chi connectivity index (χ4n) is 1.09. The van der Waals surface area contributed by atoms with Crippen LogP contribution >= 0.6 is 0 Å². The number of nitrogens with one attached hydrogen (secondary N) is 1. The third-order valence-corrected chi connectivity index (χ3v) is 2.30. The summed E-state index contributed by atoms with van der Waals surface area (Å²) in [5.74, 6) is 0. The molecule has 68 valence electrons. The van der Waals surface area contributed by atoms with Gasteiger partial charge in [0.15, 0.2) is 0 Å². The van der Waals surface area contributed by atoms with Gasteiger partial charge in [0.1, 0.15) is 0 Å². The maximum absolute atomic E-state index is 3.30. The van der Waals surface area contributed by atoms with Crippen LogP contribution in [0.25, 0.3) is 0 Å². The standard InChI is InChI=1S/C9H22N2/c1-5-9(10-3)7-8-11(4)6-2/h9-10H,5-8H2,1-4H3/t9-/m0/s1. The van der Waals surface area contributed by atoms with Gasteiger partial charge in [0, 0.05) is 6.04 Å². The topological polar surface area (TPSA) is 15.3 Å². The van der Waals surface area contributed by atoms with Crippen LogP contribution in [0.2, 0.25) is 0 Å². The monoisotopic (exact) mass is 158 g/mol. The molecular weight excluding hydrogens is 136 g/mol. The maximum atomic E-state index is 3.30. The molecule has 0 fully saturated rings.